The third-order valence-corrected chi connectivity index (χ3v) is 3.94. The minimum Gasteiger partial charge on any atom is -0.236 e. The van der Waals surface area contributed by atoms with Gasteiger partial charge in [-0.25, -0.2) is 4.98 Å². The van der Waals surface area contributed by atoms with Gasteiger partial charge in [-0.1, -0.05) is 29.8 Å². The van der Waals surface area contributed by atoms with E-state index in [9.17, 15) is 0 Å². The molecule has 1 aromatic heterocycles. The highest BCUT2D eigenvalue weighted by Crippen LogP contribution is 2.31. The van der Waals surface area contributed by atoms with Crippen LogP contribution in [0, 0.1) is 6.92 Å². The normalized spacial score (nSPS) is 10.9. The van der Waals surface area contributed by atoms with E-state index in [1.807, 2.05) is 24.3 Å². The molecule has 0 fully saturated rings. The Kier molecular flexibility index (Phi) is 2.61. The van der Waals surface area contributed by atoms with Crippen LogP contribution in [0.2, 0.25) is 5.02 Å². The minimum absolute atomic E-state index is 0.748. The lowest BCUT2D eigenvalue weighted by Gasteiger charge is -1.95. The van der Waals surface area contributed by atoms with Crippen LogP contribution in [-0.4, -0.2) is 4.98 Å². The molecule has 0 amide bonds. The lowest BCUT2D eigenvalue weighted by Crippen LogP contribution is -1.75. The molecule has 2 aromatic carbocycles. The fraction of sp³-hybridized carbons (Fsp3) is 0.0714. The van der Waals surface area contributed by atoms with Crippen LogP contribution < -0.4 is 0 Å². The highest BCUT2D eigenvalue weighted by Gasteiger charge is 2.06. The predicted molar refractivity (Wildman–Crippen MR) is 74.8 cm³/mol. The average Bonchev–Trinajstić information content (AvgIpc) is 2.72. The summed E-state index contributed by atoms with van der Waals surface area (Å²) in [6, 6.07) is 14.2. The number of nitrogens with zero attached hydrogens (tertiary/aromatic N) is 1. The number of halogens is 1. The van der Waals surface area contributed by atoms with Crippen LogP contribution >= 0.6 is 22.9 Å². The quantitative estimate of drug-likeness (QED) is 0.604. The van der Waals surface area contributed by atoms with Crippen LogP contribution in [0.5, 0.6) is 0 Å². The van der Waals surface area contributed by atoms with Crippen molar-refractivity contribution >= 4 is 33.2 Å². The monoisotopic (exact) mass is 259 g/mol. The Morgan fingerprint density at radius 1 is 1.12 bits per heavy atom. The first-order valence-electron chi connectivity index (χ1n) is 5.35. The van der Waals surface area contributed by atoms with Crippen molar-refractivity contribution in [3.8, 4) is 10.6 Å². The Labute approximate surface area is 109 Å². The summed E-state index contributed by atoms with van der Waals surface area (Å²) < 4.78 is 1.21. The van der Waals surface area contributed by atoms with E-state index in [4.69, 9.17) is 11.6 Å². The molecule has 1 heterocycles. The lowest BCUT2D eigenvalue weighted by molar-refractivity contribution is 1.44. The van der Waals surface area contributed by atoms with Crippen molar-refractivity contribution in [3.05, 3.63) is 53.1 Å². The van der Waals surface area contributed by atoms with Crippen LogP contribution in [0.3, 0.4) is 0 Å². The minimum atomic E-state index is 0.748. The Balaban J connectivity index is 2.18. The van der Waals surface area contributed by atoms with E-state index >= 15 is 0 Å². The van der Waals surface area contributed by atoms with Gasteiger partial charge in [-0.3, -0.25) is 0 Å². The summed E-state index contributed by atoms with van der Waals surface area (Å²) in [6.07, 6.45) is 0. The van der Waals surface area contributed by atoms with Gasteiger partial charge in [-0.15, -0.1) is 11.3 Å². The molecular weight excluding hydrogens is 250 g/mol. The first-order valence-corrected chi connectivity index (χ1v) is 6.55. The maximum atomic E-state index is 6.00. The fourth-order valence-electron chi connectivity index (χ4n) is 1.78. The van der Waals surface area contributed by atoms with E-state index < -0.39 is 0 Å². The first kappa shape index (κ1) is 10.8. The SMILES string of the molecule is Cc1ccc2sc(-c3cccc(Cl)c3)nc2c1. The van der Waals surface area contributed by atoms with E-state index in [0.29, 0.717) is 0 Å². The van der Waals surface area contributed by atoms with E-state index in [1.165, 1.54) is 10.3 Å². The molecule has 0 bridgehead atoms. The maximum absolute atomic E-state index is 6.00. The molecule has 0 saturated heterocycles. The molecule has 0 radical (unpaired) electrons. The largest absolute Gasteiger partial charge is 0.236 e. The van der Waals surface area contributed by atoms with E-state index in [0.717, 1.165) is 21.1 Å². The van der Waals surface area contributed by atoms with Gasteiger partial charge in [0.05, 0.1) is 10.2 Å². The molecule has 0 spiro atoms. The van der Waals surface area contributed by atoms with Gasteiger partial charge in [-0.2, -0.15) is 0 Å². The Morgan fingerprint density at radius 2 is 2.00 bits per heavy atom. The van der Waals surface area contributed by atoms with Gasteiger partial charge in [0.2, 0.25) is 0 Å². The van der Waals surface area contributed by atoms with E-state index in [1.54, 1.807) is 11.3 Å². The third-order valence-electron chi connectivity index (χ3n) is 2.61. The van der Waals surface area contributed by atoms with Crippen molar-refractivity contribution in [2.75, 3.05) is 0 Å². The van der Waals surface area contributed by atoms with Gasteiger partial charge in [0, 0.05) is 10.6 Å². The zero-order valence-corrected chi connectivity index (χ0v) is 10.8. The van der Waals surface area contributed by atoms with Gasteiger partial charge in [0.1, 0.15) is 5.01 Å². The fourth-order valence-corrected chi connectivity index (χ4v) is 2.92. The number of rotatable bonds is 1. The third kappa shape index (κ3) is 2.06. The van der Waals surface area contributed by atoms with Gasteiger partial charge in [-0.05, 0) is 36.8 Å². The number of hydrogen-bond acceptors (Lipinski definition) is 2. The molecule has 3 aromatic rings. The molecule has 0 N–H and O–H groups in total. The topological polar surface area (TPSA) is 12.9 Å². The van der Waals surface area contributed by atoms with Crippen molar-refractivity contribution in [1.29, 1.82) is 0 Å². The molecule has 17 heavy (non-hydrogen) atoms. The molecule has 0 atom stereocenters. The lowest BCUT2D eigenvalue weighted by atomic mass is 10.2. The summed E-state index contributed by atoms with van der Waals surface area (Å²) in [6.45, 7) is 2.08. The molecule has 3 rings (SSSR count). The van der Waals surface area contributed by atoms with Gasteiger partial charge >= 0.3 is 0 Å². The highest BCUT2D eigenvalue weighted by atomic mass is 35.5. The standard InChI is InChI=1S/C14H10ClNS/c1-9-5-6-13-12(7-9)16-14(17-13)10-3-2-4-11(15)8-10/h2-8H,1H3. The number of benzene rings is 2. The zero-order chi connectivity index (χ0) is 11.8. The van der Waals surface area contributed by atoms with Crippen LogP contribution in [0.4, 0.5) is 0 Å². The second-order valence-electron chi connectivity index (χ2n) is 4.00. The summed E-state index contributed by atoms with van der Waals surface area (Å²) in [4.78, 5) is 4.64. The maximum Gasteiger partial charge on any atom is 0.124 e. The molecule has 0 saturated carbocycles. The van der Waals surface area contributed by atoms with Crippen LogP contribution in [0.15, 0.2) is 42.5 Å². The average molecular weight is 260 g/mol. The van der Waals surface area contributed by atoms with E-state index in [2.05, 4.69) is 30.1 Å². The Hall–Kier alpha value is -1.38. The van der Waals surface area contributed by atoms with Gasteiger partial charge < -0.3 is 0 Å². The number of aryl methyl sites for hydroxylation is 1. The van der Waals surface area contributed by atoms with Crippen molar-refractivity contribution in [3.63, 3.8) is 0 Å². The number of hydrogen-bond donors (Lipinski definition) is 0. The molecule has 84 valence electrons. The van der Waals surface area contributed by atoms with Gasteiger partial charge in [0.25, 0.3) is 0 Å². The first-order chi connectivity index (χ1) is 8.22. The van der Waals surface area contributed by atoms with Crippen molar-refractivity contribution < 1.29 is 0 Å². The molecule has 1 nitrogen and oxygen atoms in total. The molecule has 0 aliphatic heterocycles. The van der Waals surface area contributed by atoms with Crippen molar-refractivity contribution in [2.24, 2.45) is 0 Å². The summed E-state index contributed by atoms with van der Waals surface area (Å²) in [5.41, 5.74) is 3.38. The summed E-state index contributed by atoms with van der Waals surface area (Å²) in [5, 5.41) is 1.77. The summed E-state index contributed by atoms with van der Waals surface area (Å²) in [5.74, 6) is 0. The molecule has 0 aliphatic carbocycles. The number of fused-ring (bicyclic) bond motifs is 1. The smallest absolute Gasteiger partial charge is 0.124 e. The van der Waals surface area contributed by atoms with Crippen LogP contribution in [0.25, 0.3) is 20.8 Å². The zero-order valence-electron chi connectivity index (χ0n) is 9.27. The molecular formula is C14H10ClNS. The van der Waals surface area contributed by atoms with Crippen molar-refractivity contribution in [2.45, 2.75) is 6.92 Å². The number of aromatic nitrogens is 1. The van der Waals surface area contributed by atoms with Crippen LogP contribution in [0.1, 0.15) is 5.56 Å². The summed E-state index contributed by atoms with van der Waals surface area (Å²) in [7, 11) is 0. The number of thiazole rings is 1. The predicted octanol–water partition coefficient (Wildman–Crippen LogP) is 4.93. The van der Waals surface area contributed by atoms with E-state index in [-0.39, 0.29) is 0 Å². The Bertz CT molecular complexity index is 688. The van der Waals surface area contributed by atoms with Crippen molar-refractivity contribution in [1.82, 2.24) is 4.98 Å². The Morgan fingerprint density at radius 3 is 2.82 bits per heavy atom. The second kappa shape index (κ2) is 4.13. The van der Waals surface area contributed by atoms with Gasteiger partial charge in [0.15, 0.2) is 0 Å². The summed E-state index contributed by atoms with van der Waals surface area (Å²) >= 11 is 7.69. The second-order valence-corrected chi connectivity index (χ2v) is 5.47. The highest BCUT2D eigenvalue weighted by molar-refractivity contribution is 7.21. The molecule has 0 aliphatic rings. The molecule has 0 unspecified atom stereocenters. The molecule has 3 heteroatoms. The van der Waals surface area contributed by atoms with Crippen LogP contribution in [-0.2, 0) is 0 Å².